The Kier molecular flexibility index (Phi) is 5.67. The molecule has 136 valence electrons. The van der Waals surface area contributed by atoms with E-state index in [9.17, 15) is 9.59 Å². The summed E-state index contributed by atoms with van der Waals surface area (Å²) in [5.41, 5.74) is 3.96. The summed E-state index contributed by atoms with van der Waals surface area (Å²) >= 11 is 0. The standard InChI is InChI=1S/C23H21NO3/c1-24(2)21-10-6-9-20(15-21)23(26)27-16-22(25)19-13-11-18(12-14-19)17-7-4-3-5-8-17/h3-15H,16H2,1-2H3. The molecular formula is C23H21NO3. The third-order valence-electron chi connectivity index (χ3n) is 4.25. The van der Waals surface area contributed by atoms with Crippen molar-refractivity contribution in [2.24, 2.45) is 0 Å². The minimum absolute atomic E-state index is 0.230. The molecule has 0 aliphatic carbocycles. The lowest BCUT2D eigenvalue weighted by Crippen LogP contribution is -2.15. The van der Waals surface area contributed by atoms with Gasteiger partial charge in [-0.15, -0.1) is 0 Å². The van der Waals surface area contributed by atoms with Crippen molar-refractivity contribution in [3.63, 3.8) is 0 Å². The van der Waals surface area contributed by atoms with Crippen molar-refractivity contribution in [1.29, 1.82) is 0 Å². The summed E-state index contributed by atoms with van der Waals surface area (Å²) in [6.45, 7) is -0.282. The summed E-state index contributed by atoms with van der Waals surface area (Å²) in [5, 5.41) is 0. The van der Waals surface area contributed by atoms with Crippen LogP contribution >= 0.6 is 0 Å². The van der Waals surface area contributed by atoms with Gasteiger partial charge in [0.25, 0.3) is 0 Å². The maximum absolute atomic E-state index is 12.3. The Hall–Kier alpha value is -3.40. The number of Topliss-reactive ketones (excluding diaryl/α,β-unsaturated/α-hetero) is 1. The zero-order valence-corrected chi connectivity index (χ0v) is 15.4. The first-order valence-electron chi connectivity index (χ1n) is 8.68. The molecular weight excluding hydrogens is 338 g/mol. The van der Waals surface area contributed by atoms with Gasteiger partial charge < -0.3 is 9.64 Å². The van der Waals surface area contributed by atoms with Gasteiger partial charge in [-0.25, -0.2) is 4.79 Å². The fraction of sp³-hybridized carbons (Fsp3) is 0.130. The van der Waals surface area contributed by atoms with E-state index in [4.69, 9.17) is 4.74 Å². The van der Waals surface area contributed by atoms with Gasteiger partial charge >= 0.3 is 5.97 Å². The van der Waals surface area contributed by atoms with Crippen LogP contribution in [0.15, 0.2) is 78.9 Å². The number of anilines is 1. The number of benzene rings is 3. The molecule has 0 heterocycles. The molecule has 0 saturated carbocycles. The Morgan fingerprint density at radius 3 is 2.11 bits per heavy atom. The van der Waals surface area contributed by atoms with Crippen LogP contribution in [0.3, 0.4) is 0 Å². The van der Waals surface area contributed by atoms with E-state index in [1.165, 1.54) is 0 Å². The van der Waals surface area contributed by atoms with Crippen LogP contribution < -0.4 is 4.90 Å². The number of nitrogens with zero attached hydrogens (tertiary/aromatic N) is 1. The van der Waals surface area contributed by atoms with Gasteiger partial charge in [-0.2, -0.15) is 0 Å². The summed E-state index contributed by atoms with van der Waals surface area (Å²) in [4.78, 5) is 26.4. The molecule has 4 heteroatoms. The van der Waals surface area contributed by atoms with Crippen LogP contribution in [0.25, 0.3) is 11.1 Å². The number of hydrogen-bond acceptors (Lipinski definition) is 4. The highest BCUT2D eigenvalue weighted by atomic mass is 16.5. The number of ketones is 1. The van der Waals surface area contributed by atoms with Crippen LogP contribution in [-0.2, 0) is 4.74 Å². The predicted octanol–water partition coefficient (Wildman–Crippen LogP) is 4.46. The highest BCUT2D eigenvalue weighted by molar-refractivity contribution is 5.99. The van der Waals surface area contributed by atoms with Gasteiger partial charge in [-0.3, -0.25) is 4.79 Å². The third kappa shape index (κ3) is 4.61. The number of rotatable bonds is 6. The fourth-order valence-electron chi connectivity index (χ4n) is 2.69. The molecule has 0 amide bonds. The van der Waals surface area contributed by atoms with Crippen LogP contribution in [0.5, 0.6) is 0 Å². The summed E-state index contributed by atoms with van der Waals surface area (Å²) in [6.07, 6.45) is 0. The average Bonchev–Trinajstić information content (AvgIpc) is 2.72. The van der Waals surface area contributed by atoms with Crippen LogP contribution in [0, 0.1) is 0 Å². The smallest absolute Gasteiger partial charge is 0.338 e. The lowest BCUT2D eigenvalue weighted by Gasteiger charge is -2.13. The zero-order chi connectivity index (χ0) is 19.2. The van der Waals surface area contributed by atoms with E-state index < -0.39 is 5.97 Å². The van der Waals surface area contributed by atoms with Crippen molar-refractivity contribution in [2.45, 2.75) is 0 Å². The first-order valence-corrected chi connectivity index (χ1v) is 8.68. The Bertz CT molecular complexity index is 931. The van der Waals surface area contributed by atoms with Gasteiger partial charge in [0.15, 0.2) is 12.4 Å². The normalized spacial score (nSPS) is 10.3. The van der Waals surface area contributed by atoms with Crippen LogP contribution in [0.1, 0.15) is 20.7 Å². The molecule has 0 N–H and O–H groups in total. The number of ether oxygens (including phenoxy) is 1. The molecule has 0 aliphatic rings. The fourth-order valence-corrected chi connectivity index (χ4v) is 2.69. The topological polar surface area (TPSA) is 46.6 Å². The summed E-state index contributed by atoms with van der Waals surface area (Å²) in [7, 11) is 3.79. The third-order valence-corrected chi connectivity index (χ3v) is 4.25. The predicted molar refractivity (Wildman–Crippen MR) is 107 cm³/mol. The number of carbonyl (C=O) groups excluding carboxylic acids is 2. The van der Waals surface area contributed by atoms with Crippen molar-refractivity contribution in [1.82, 2.24) is 0 Å². The SMILES string of the molecule is CN(C)c1cccc(C(=O)OCC(=O)c2ccc(-c3ccccc3)cc2)c1. The van der Waals surface area contributed by atoms with Gasteiger partial charge in [0.05, 0.1) is 5.56 Å². The van der Waals surface area contributed by atoms with Gasteiger partial charge in [0, 0.05) is 25.3 Å². The minimum atomic E-state index is -0.507. The summed E-state index contributed by atoms with van der Waals surface area (Å²) in [6, 6.07) is 24.3. The maximum atomic E-state index is 12.3. The lowest BCUT2D eigenvalue weighted by atomic mass is 10.0. The summed E-state index contributed by atoms with van der Waals surface area (Å²) < 4.78 is 5.19. The lowest BCUT2D eigenvalue weighted by molar-refractivity contribution is 0.0475. The van der Waals surface area contributed by atoms with Crippen molar-refractivity contribution in [2.75, 3.05) is 25.6 Å². The Morgan fingerprint density at radius 1 is 0.778 bits per heavy atom. The van der Waals surface area contributed by atoms with E-state index >= 15 is 0 Å². The van der Waals surface area contributed by atoms with E-state index in [0.29, 0.717) is 11.1 Å². The molecule has 0 radical (unpaired) electrons. The molecule has 0 unspecified atom stereocenters. The molecule has 0 bridgehead atoms. The summed E-state index contributed by atoms with van der Waals surface area (Å²) in [5.74, 6) is -0.736. The van der Waals surface area contributed by atoms with Gasteiger partial charge in [0.2, 0.25) is 0 Å². The average molecular weight is 359 g/mol. The highest BCUT2D eigenvalue weighted by Crippen LogP contribution is 2.19. The van der Waals surface area contributed by atoms with Gasteiger partial charge in [0.1, 0.15) is 0 Å². The molecule has 0 fully saturated rings. The van der Waals surface area contributed by atoms with E-state index in [-0.39, 0.29) is 12.4 Å². The van der Waals surface area contributed by atoms with Gasteiger partial charge in [-0.05, 0) is 29.3 Å². The molecule has 3 aromatic carbocycles. The molecule has 27 heavy (non-hydrogen) atoms. The van der Waals surface area contributed by atoms with E-state index in [1.54, 1.807) is 30.3 Å². The largest absolute Gasteiger partial charge is 0.454 e. The zero-order valence-electron chi connectivity index (χ0n) is 15.4. The quantitative estimate of drug-likeness (QED) is 0.482. The highest BCUT2D eigenvalue weighted by Gasteiger charge is 2.13. The van der Waals surface area contributed by atoms with Crippen LogP contribution in [-0.4, -0.2) is 32.5 Å². The second-order valence-electron chi connectivity index (χ2n) is 6.39. The number of hydrogen-bond donors (Lipinski definition) is 0. The molecule has 4 nitrogen and oxygen atoms in total. The van der Waals surface area contributed by atoms with Crippen molar-refractivity contribution in [3.8, 4) is 11.1 Å². The monoisotopic (exact) mass is 359 g/mol. The molecule has 0 atom stereocenters. The van der Waals surface area contributed by atoms with E-state index in [0.717, 1.165) is 16.8 Å². The van der Waals surface area contributed by atoms with E-state index in [1.807, 2.05) is 67.5 Å². The second-order valence-corrected chi connectivity index (χ2v) is 6.39. The molecule has 0 saturated heterocycles. The molecule has 3 rings (SSSR count). The van der Waals surface area contributed by atoms with Crippen molar-refractivity contribution >= 4 is 17.4 Å². The minimum Gasteiger partial charge on any atom is -0.454 e. The number of esters is 1. The first-order chi connectivity index (χ1) is 13.0. The van der Waals surface area contributed by atoms with E-state index in [2.05, 4.69) is 0 Å². The molecule has 0 aromatic heterocycles. The Morgan fingerprint density at radius 2 is 1.44 bits per heavy atom. The maximum Gasteiger partial charge on any atom is 0.338 e. The van der Waals surface area contributed by atoms with Crippen LogP contribution in [0.4, 0.5) is 5.69 Å². The Balaban J connectivity index is 1.62. The number of carbonyl (C=O) groups is 2. The Labute approximate surface area is 159 Å². The molecule has 3 aromatic rings. The first kappa shape index (κ1) is 18.4. The van der Waals surface area contributed by atoms with Crippen molar-refractivity contribution in [3.05, 3.63) is 90.0 Å². The second kappa shape index (κ2) is 8.32. The van der Waals surface area contributed by atoms with Gasteiger partial charge in [-0.1, -0.05) is 60.7 Å². The van der Waals surface area contributed by atoms with Crippen LogP contribution in [0.2, 0.25) is 0 Å². The van der Waals surface area contributed by atoms with Crippen molar-refractivity contribution < 1.29 is 14.3 Å². The molecule has 0 spiro atoms. The molecule has 0 aliphatic heterocycles.